The zero-order valence-electron chi connectivity index (χ0n) is 9.77. The van der Waals surface area contributed by atoms with Gasteiger partial charge in [-0.25, -0.2) is 4.79 Å². The molecule has 0 aliphatic carbocycles. The normalized spacial score (nSPS) is 35.1. The number of likely N-dealkylation sites (tertiary alicyclic amines) is 1. The van der Waals surface area contributed by atoms with Gasteiger partial charge in [-0.15, -0.1) is 0 Å². The van der Waals surface area contributed by atoms with Crippen molar-refractivity contribution < 1.29 is 9.53 Å². The largest absolute Gasteiger partial charge is 0.375 e. The Balaban J connectivity index is 1.95. The third-order valence-corrected chi connectivity index (χ3v) is 3.36. The average molecular weight is 212 g/mol. The summed E-state index contributed by atoms with van der Waals surface area (Å²) in [5.74, 6) is 0.553. The molecule has 0 saturated carbocycles. The number of urea groups is 1. The van der Waals surface area contributed by atoms with Crippen LogP contribution in [-0.2, 0) is 4.74 Å². The molecule has 2 rings (SSSR count). The maximum atomic E-state index is 11.8. The fourth-order valence-electron chi connectivity index (χ4n) is 2.65. The topological polar surface area (TPSA) is 32.8 Å². The molecule has 4 nitrogen and oxygen atoms in total. The molecule has 2 aliphatic heterocycles. The third-order valence-electron chi connectivity index (χ3n) is 3.36. The Morgan fingerprint density at radius 1 is 1.47 bits per heavy atom. The van der Waals surface area contributed by atoms with Crippen molar-refractivity contribution in [2.75, 3.05) is 27.2 Å². The molecule has 86 valence electrons. The molecular weight excluding hydrogens is 192 g/mol. The van der Waals surface area contributed by atoms with E-state index < -0.39 is 0 Å². The van der Waals surface area contributed by atoms with Crippen molar-refractivity contribution in [2.24, 2.45) is 5.92 Å². The lowest BCUT2D eigenvalue weighted by Gasteiger charge is -2.35. The fourth-order valence-corrected chi connectivity index (χ4v) is 2.65. The summed E-state index contributed by atoms with van der Waals surface area (Å²) < 4.78 is 5.80. The van der Waals surface area contributed by atoms with Gasteiger partial charge in [-0.1, -0.05) is 0 Å². The summed E-state index contributed by atoms with van der Waals surface area (Å²) in [6.07, 6.45) is 2.86. The van der Waals surface area contributed by atoms with Crippen molar-refractivity contribution >= 4 is 6.03 Å². The highest BCUT2D eigenvalue weighted by atomic mass is 16.5. The Morgan fingerprint density at radius 2 is 2.20 bits per heavy atom. The Bertz CT molecular complexity index is 255. The zero-order chi connectivity index (χ0) is 11.0. The molecule has 0 radical (unpaired) electrons. The Labute approximate surface area is 91.2 Å². The summed E-state index contributed by atoms with van der Waals surface area (Å²) >= 11 is 0. The van der Waals surface area contributed by atoms with Crippen LogP contribution in [0, 0.1) is 5.92 Å². The van der Waals surface area contributed by atoms with E-state index in [1.54, 1.807) is 4.90 Å². The van der Waals surface area contributed by atoms with Crippen LogP contribution in [0.4, 0.5) is 4.79 Å². The lowest BCUT2D eigenvalue weighted by Crippen LogP contribution is -2.48. The first-order valence-corrected chi connectivity index (χ1v) is 5.69. The number of nitrogens with zero attached hydrogens (tertiary/aromatic N) is 2. The zero-order valence-corrected chi connectivity index (χ0v) is 9.77. The minimum Gasteiger partial charge on any atom is -0.375 e. The van der Waals surface area contributed by atoms with Gasteiger partial charge in [0, 0.05) is 33.1 Å². The first kappa shape index (κ1) is 10.7. The van der Waals surface area contributed by atoms with Gasteiger partial charge in [-0.05, 0) is 19.8 Å². The number of hydrogen-bond acceptors (Lipinski definition) is 2. The fraction of sp³-hybridized carbons (Fsp3) is 0.909. The Kier molecular flexibility index (Phi) is 2.87. The van der Waals surface area contributed by atoms with Crippen LogP contribution in [0.5, 0.6) is 0 Å². The molecule has 0 unspecified atom stereocenters. The van der Waals surface area contributed by atoms with Crippen LogP contribution in [0.15, 0.2) is 0 Å². The van der Waals surface area contributed by atoms with E-state index in [2.05, 4.69) is 6.92 Å². The average Bonchev–Trinajstić information content (AvgIpc) is 2.55. The minimum atomic E-state index is 0.132. The van der Waals surface area contributed by atoms with Gasteiger partial charge in [0.25, 0.3) is 0 Å². The van der Waals surface area contributed by atoms with E-state index in [0.717, 1.165) is 25.9 Å². The van der Waals surface area contributed by atoms with Gasteiger partial charge < -0.3 is 14.5 Å². The smallest absolute Gasteiger partial charge is 0.319 e. The number of ether oxygens (including phenoxy) is 1. The van der Waals surface area contributed by atoms with Crippen molar-refractivity contribution in [1.29, 1.82) is 0 Å². The molecule has 2 amide bonds. The van der Waals surface area contributed by atoms with Gasteiger partial charge in [0.2, 0.25) is 0 Å². The van der Waals surface area contributed by atoms with E-state index >= 15 is 0 Å². The molecule has 0 aromatic rings. The first-order valence-electron chi connectivity index (χ1n) is 5.69. The standard InChI is InChI=1S/C11H20N2O2/c1-8-6-9-7-13(11(14)12(2)3)5-4-10(9)15-8/h8-10H,4-7H2,1-3H3/t8-,9-,10-/m0/s1. The molecule has 0 aromatic carbocycles. The molecule has 2 fully saturated rings. The summed E-state index contributed by atoms with van der Waals surface area (Å²) in [7, 11) is 3.62. The van der Waals surface area contributed by atoms with Crippen LogP contribution in [0.25, 0.3) is 0 Å². The maximum Gasteiger partial charge on any atom is 0.319 e. The third kappa shape index (κ3) is 2.09. The predicted octanol–water partition coefficient (Wildman–Crippen LogP) is 1.17. The van der Waals surface area contributed by atoms with Gasteiger partial charge >= 0.3 is 6.03 Å². The Morgan fingerprint density at radius 3 is 2.87 bits per heavy atom. The number of carbonyl (C=O) groups excluding carboxylic acids is 1. The van der Waals surface area contributed by atoms with Gasteiger partial charge in [-0.3, -0.25) is 0 Å². The van der Waals surface area contributed by atoms with Crippen LogP contribution in [0.1, 0.15) is 19.8 Å². The van der Waals surface area contributed by atoms with E-state index in [0.29, 0.717) is 18.1 Å². The molecule has 0 N–H and O–H groups in total. The van der Waals surface area contributed by atoms with Crippen molar-refractivity contribution in [1.82, 2.24) is 9.80 Å². The van der Waals surface area contributed by atoms with Crippen molar-refractivity contribution in [3.8, 4) is 0 Å². The number of piperidine rings is 1. The quantitative estimate of drug-likeness (QED) is 0.604. The highest BCUT2D eigenvalue weighted by Crippen LogP contribution is 2.32. The van der Waals surface area contributed by atoms with E-state index in [1.165, 1.54) is 0 Å². The van der Waals surface area contributed by atoms with Crippen molar-refractivity contribution in [3.05, 3.63) is 0 Å². The van der Waals surface area contributed by atoms with Crippen LogP contribution in [0.2, 0.25) is 0 Å². The number of fused-ring (bicyclic) bond motifs is 1. The number of carbonyl (C=O) groups is 1. The predicted molar refractivity (Wildman–Crippen MR) is 57.7 cm³/mol. The summed E-state index contributed by atoms with van der Waals surface area (Å²) in [5.41, 5.74) is 0. The van der Waals surface area contributed by atoms with E-state index in [4.69, 9.17) is 4.74 Å². The molecule has 4 heteroatoms. The van der Waals surface area contributed by atoms with E-state index in [1.807, 2.05) is 19.0 Å². The van der Waals surface area contributed by atoms with E-state index in [-0.39, 0.29) is 6.03 Å². The molecule has 2 aliphatic rings. The summed E-state index contributed by atoms with van der Waals surface area (Å²) in [5, 5.41) is 0. The highest BCUT2D eigenvalue weighted by Gasteiger charge is 2.38. The van der Waals surface area contributed by atoms with Crippen LogP contribution in [0.3, 0.4) is 0 Å². The van der Waals surface area contributed by atoms with Gasteiger partial charge in [-0.2, -0.15) is 0 Å². The lowest BCUT2D eigenvalue weighted by atomic mass is 9.93. The first-order chi connectivity index (χ1) is 7.08. The minimum absolute atomic E-state index is 0.132. The molecule has 2 heterocycles. The monoisotopic (exact) mass is 212 g/mol. The molecule has 0 aromatic heterocycles. The van der Waals surface area contributed by atoms with Crippen molar-refractivity contribution in [2.45, 2.75) is 32.0 Å². The molecular formula is C11H20N2O2. The SMILES string of the molecule is C[C@H]1C[C@H]2CN(C(=O)N(C)C)CC[C@@H]2O1. The molecule has 15 heavy (non-hydrogen) atoms. The Hall–Kier alpha value is -0.770. The second-order valence-electron chi connectivity index (χ2n) is 4.89. The van der Waals surface area contributed by atoms with Crippen LogP contribution in [-0.4, -0.2) is 55.2 Å². The maximum absolute atomic E-state index is 11.8. The number of amides is 2. The number of rotatable bonds is 0. The number of hydrogen-bond donors (Lipinski definition) is 0. The van der Waals surface area contributed by atoms with Gasteiger partial charge in [0.1, 0.15) is 0 Å². The van der Waals surface area contributed by atoms with Crippen molar-refractivity contribution in [3.63, 3.8) is 0 Å². The van der Waals surface area contributed by atoms with E-state index in [9.17, 15) is 4.79 Å². The molecule has 2 saturated heterocycles. The highest BCUT2D eigenvalue weighted by molar-refractivity contribution is 5.73. The second-order valence-corrected chi connectivity index (χ2v) is 4.89. The molecule has 3 atom stereocenters. The second kappa shape index (κ2) is 4.00. The summed E-state index contributed by atoms with van der Waals surface area (Å²) in [6, 6.07) is 0.132. The summed E-state index contributed by atoms with van der Waals surface area (Å²) in [4.78, 5) is 15.4. The van der Waals surface area contributed by atoms with Gasteiger partial charge in [0.15, 0.2) is 0 Å². The van der Waals surface area contributed by atoms with Crippen LogP contribution >= 0.6 is 0 Å². The van der Waals surface area contributed by atoms with Crippen LogP contribution < -0.4 is 0 Å². The molecule has 0 spiro atoms. The molecule has 0 bridgehead atoms. The van der Waals surface area contributed by atoms with Gasteiger partial charge in [0.05, 0.1) is 12.2 Å². The summed E-state index contributed by atoms with van der Waals surface area (Å²) in [6.45, 7) is 3.83. The lowest BCUT2D eigenvalue weighted by molar-refractivity contribution is 0.0127.